The Morgan fingerprint density at radius 1 is 1.42 bits per heavy atom. The van der Waals surface area contributed by atoms with E-state index in [0.717, 1.165) is 6.42 Å². The van der Waals surface area contributed by atoms with Crippen molar-refractivity contribution in [3.05, 3.63) is 23.8 Å². The molecule has 0 spiro atoms. The van der Waals surface area contributed by atoms with Gasteiger partial charge in [0.25, 0.3) is 0 Å². The first-order valence-corrected chi connectivity index (χ1v) is 7.54. The van der Waals surface area contributed by atoms with E-state index in [9.17, 15) is 13.2 Å². The van der Waals surface area contributed by atoms with E-state index in [1.54, 1.807) is 19.1 Å². The number of piperidine rings is 1. The fourth-order valence-electron chi connectivity index (χ4n) is 2.04. The van der Waals surface area contributed by atoms with Crippen LogP contribution < -0.4 is 15.8 Å². The SMILES string of the molecule is Cc1ccc(N)cc1S(=O)(=O)NC1CCCNC1=O. The van der Waals surface area contributed by atoms with E-state index in [1.165, 1.54) is 6.07 Å². The number of carbonyl (C=O) groups is 1. The third-order valence-electron chi connectivity index (χ3n) is 3.08. The summed E-state index contributed by atoms with van der Waals surface area (Å²) in [7, 11) is -3.74. The van der Waals surface area contributed by atoms with Crippen LogP contribution in [0.1, 0.15) is 18.4 Å². The molecule has 104 valence electrons. The molecule has 0 radical (unpaired) electrons. The van der Waals surface area contributed by atoms with Gasteiger partial charge in [-0.15, -0.1) is 0 Å². The molecular weight excluding hydrogens is 266 g/mol. The van der Waals surface area contributed by atoms with Crippen LogP contribution in [-0.2, 0) is 14.8 Å². The monoisotopic (exact) mass is 283 g/mol. The zero-order valence-electron chi connectivity index (χ0n) is 10.6. The third kappa shape index (κ3) is 3.05. The van der Waals surface area contributed by atoms with E-state index < -0.39 is 16.1 Å². The summed E-state index contributed by atoms with van der Waals surface area (Å²) in [4.78, 5) is 11.7. The number of sulfonamides is 1. The van der Waals surface area contributed by atoms with Crippen LogP contribution in [0.25, 0.3) is 0 Å². The Kier molecular flexibility index (Phi) is 3.77. The highest BCUT2D eigenvalue weighted by atomic mass is 32.2. The van der Waals surface area contributed by atoms with Gasteiger partial charge in [-0.3, -0.25) is 4.79 Å². The molecule has 0 aromatic heterocycles. The predicted octanol–water partition coefficient (Wildman–Crippen LogP) is 0.134. The summed E-state index contributed by atoms with van der Waals surface area (Å²) in [5.41, 5.74) is 6.58. The molecule has 1 amide bonds. The highest BCUT2D eigenvalue weighted by Crippen LogP contribution is 2.19. The molecule has 7 heteroatoms. The van der Waals surface area contributed by atoms with Gasteiger partial charge >= 0.3 is 0 Å². The summed E-state index contributed by atoms with van der Waals surface area (Å²) in [5.74, 6) is -0.281. The summed E-state index contributed by atoms with van der Waals surface area (Å²) in [6.07, 6.45) is 1.27. The number of nitrogens with two attached hydrogens (primary N) is 1. The third-order valence-corrected chi connectivity index (χ3v) is 4.70. The molecule has 0 aliphatic carbocycles. The summed E-state index contributed by atoms with van der Waals surface area (Å²) in [6, 6.07) is 3.98. The van der Waals surface area contributed by atoms with Gasteiger partial charge in [0, 0.05) is 12.2 Å². The Bertz CT molecular complexity index is 598. The number of hydrogen-bond acceptors (Lipinski definition) is 4. The summed E-state index contributed by atoms with van der Waals surface area (Å²) < 4.78 is 27.0. The minimum absolute atomic E-state index is 0.117. The van der Waals surface area contributed by atoms with Crippen molar-refractivity contribution in [1.29, 1.82) is 0 Å². The Morgan fingerprint density at radius 3 is 2.84 bits per heavy atom. The maximum atomic E-state index is 12.3. The molecule has 4 N–H and O–H groups in total. The van der Waals surface area contributed by atoms with Crippen molar-refractivity contribution >= 4 is 21.6 Å². The largest absolute Gasteiger partial charge is 0.399 e. The molecule has 1 unspecified atom stereocenters. The van der Waals surface area contributed by atoms with Crippen LogP contribution in [-0.4, -0.2) is 26.9 Å². The van der Waals surface area contributed by atoms with Gasteiger partial charge in [0.1, 0.15) is 6.04 Å². The molecular formula is C12H17N3O3S. The quantitative estimate of drug-likeness (QED) is 0.686. The Balaban J connectivity index is 2.27. The van der Waals surface area contributed by atoms with Gasteiger partial charge in [0.05, 0.1) is 4.90 Å². The van der Waals surface area contributed by atoms with Crippen LogP contribution in [0.3, 0.4) is 0 Å². The highest BCUT2D eigenvalue weighted by Gasteiger charge is 2.28. The van der Waals surface area contributed by atoms with Crippen molar-refractivity contribution < 1.29 is 13.2 Å². The molecule has 1 aromatic rings. The highest BCUT2D eigenvalue weighted by molar-refractivity contribution is 7.89. The second kappa shape index (κ2) is 5.18. The number of nitrogen functional groups attached to an aromatic ring is 1. The van der Waals surface area contributed by atoms with E-state index in [0.29, 0.717) is 24.2 Å². The number of anilines is 1. The Hall–Kier alpha value is -1.60. The van der Waals surface area contributed by atoms with Crippen LogP contribution in [0.15, 0.2) is 23.1 Å². The smallest absolute Gasteiger partial charge is 0.241 e. The summed E-state index contributed by atoms with van der Waals surface area (Å²) in [5, 5.41) is 2.64. The van der Waals surface area contributed by atoms with Gasteiger partial charge in [-0.2, -0.15) is 4.72 Å². The number of amides is 1. The molecule has 1 fully saturated rings. The first kappa shape index (κ1) is 13.8. The van der Waals surface area contributed by atoms with E-state index >= 15 is 0 Å². The molecule has 1 aliphatic heterocycles. The van der Waals surface area contributed by atoms with Gasteiger partial charge in [-0.05, 0) is 37.5 Å². The van der Waals surface area contributed by atoms with Crippen molar-refractivity contribution in [1.82, 2.24) is 10.0 Å². The van der Waals surface area contributed by atoms with Crippen LogP contribution in [0.4, 0.5) is 5.69 Å². The normalized spacial score (nSPS) is 20.1. The standard InChI is InChI=1S/C12H17N3O3S/c1-8-4-5-9(13)7-11(8)19(17,18)15-10-3-2-6-14-12(10)16/h4-5,7,10,15H,2-3,6,13H2,1H3,(H,14,16). The van der Waals surface area contributed by atoms with Gasteiger partial charge in [-0.25, -0.2) is 8.42 Å². The summed E-state index contributed by atoms with van der Waals surface area (Å²) >= 11 is 0. The number of hydrogen-bond donors (Lipinski definition) is 3. The van der Waals surface area contributed by atoms with Crippen LogP contribution in [0, 0.1) is 6.92 Å². The average Bonchev–Trinajstić information content (AvgIpc) is 2.35. The molecule has 0 saturated carbocycles. The van der Waals surface area contributed by atoms with E-state index in [2.05, 4.69) is 10.0 Å². The summed E-state index contributed by atoms with van der Waals surface area (Å²) in [6.45, 7) is 2.28. The van der Waals surface area contributed by atoms with Crippen molar-refractivity contribution in [2.45, 2.75) is 30.7 Å². The fraction of sp³-hybridized carbons (Fsp3) is 0.417. The van der Waals surface area contributed by atoms with Crippen LogP contribution in [0.2, 0.25) is 0 Å². The minimum Gasteiger partial charge on any atom is -0.399 e. The molecule has 19 heavy (non-hydrogen) atoms. The van der Waals surface area contributed by atoms with Crippen molar-refractivity contribution in [3.8, 4) is 0 Å². The zero-order valence-corrected chi connectivity index (χ0v) is 11.5. The number of benzene rings is 1. The lowest BCUT2D eigenvalue weighted by Crippen LogP contribution is -2.50. The zero-order chi connectivity index (χ0) is 14.0. The molecule has 1 atom stereocenters. The number of rotatable bonds is 3. The second-order valence-electron chi connectivity index (χ2n) is 4.63. The number of carbonyl (C=O) groups excluding carboxylic acids is 1. The first-order chi connectivity index (χ1) is 8.90. The molecule has 1 saturated heterocycles. The second-order valence-corrected chi connectivity index (χ2v) is 6.31. The minimum atomic E-state index is -3.74. The lowest BCUT2D eigenvalue weighted by Gasteiger charge is -2.23. The molecule has 1 aromatic carbocycles. The fourth-order valence-corrected chi connectivity index (χ4v) is 3.55. The Labute approximate surface area is 112 Å². The lowest BCUT2D eigenvalue weighted by atomic mass is 10.1. The Morgan fingerprint density at radius 2 is 2.16 bits per heavy atom. The first-order valence-electron chi connectivity index (χ1n) is 6.06. The van der Waals surface area contributed by atoms with Gasteiger partial charge in [0.15, 0.2) is 0 Å². The number of aryl methyl sites for hydroxylation is 1. The van der Waals surface area contributed by atoms with Crippen LogP contribution in [0.5, 0.6) is 0 Å². The average molecular weight is 283 g/mol. The van der Waals surface area contributed by atoms with Crippen molar-refractivity contribution in [2.24, 2.45) is 0 Å². The van der Waals surface area contributed by atoms with E-state index in [1.807, 2.05) is 0 Å². The molecule has 0 bridgehead atoms. The molecule has 6 nitrogen and oxygen atoms in total. The van der Waals surface area contributed by atoms with Crippen molar-refractivity contribution in [2.75, 3.05) is 12.3 Å². The number of nitrogens with one attached hydrogen (secondary N) is 2. The maximum Gasteiger partial charge on any atom is 0.241 e. The van der Waals surface area contributed by atoms with Crippen molar-refractivity contribution in [3.63, 3.8) is 0 Å². The lowest BCUT2D eigenvalue weighted by molar-refractivity contribution is -0.124. The van der Waals surface area contributed by atoms with E-state index in [-0.39, 0.29) is 10.8 Å². The van der Waals surface area contributed by atoms with Gasteiger partial charge in [0.2, 0.25) is 15.9 Å². The predicted molar refractivity (Wildman–Crippen MR) is 71.9 cm³/mol. The van der Waals surface area contributed by atoms with Crippen LogP contribution >= 0.6 is 0 Å². The molecule has 2 rings (SSSR count). The van der Waals surface area contributed by atoms with Gasteiger partial charge in [-0.1, -0.05) is 6.07 Å². The molecule has 1 heterocycles. The van der Waals surface area contributed by atoms with E-state index in [4.69, 9.17) is 5.73 Å². The maximum absolute atomic E-state index is 12.3. The van der Waals surface area contributed by atoms with Gasteiger partial charge < -0.3 is 11.1 Å². The topological polar surface area (TPSA) is 101 Å². The molecule has 1 aliphatic rings.